The summed E-state index contributed by atoms with van der Waals surface area (Å²) in [7, 11) is 0.00991. The maximum absolute atomic E-state index is 8.76. The van der Waals surface area contributed by atoms with Crippen LogP contribution in [0.2, 0.25) is 24.8 Å². The monoisotopic (exact) mass is 214 g/mol. The summed E-state index contributed by atoms with van der Waals surface area (Å²) in [4.78, 5) is 0. The Balaban J connectivity index is 3.68. The lowest BCUT2D eigenvalue weighted by molar-refractivity contribution is 0.294. The van der Waals surface area contributed by atoms with Gasteiger partial charge >= 0.3 is 0 Å². The van der Waals surface area contributed by atoms with E-state index in [2.05, 4.69) is 32.6 Å². The number of aliphatic hydroxyl groups excluding tert-OH is 1. The van der Waals surface area contributed by atoms with Gasteiger partial charge in [0.1, 0.15) is 0 Å². The minimum absolute atomic E-state index is 0.363. The van der Waals surface area contributed by atoms with Gasteiger partial charge in [-0.25, -0.2) is 0 Å². The van der Waals surface area contributed by atoms with E-state index in [1.165, 1.54) is 17.3 Å². The fraction of sp³-hybridized carbons (Fsp3) is 0.800. The molecule has 2 radical (unpaired) electrons. The zero-order valence-corrected chi connectivity index (χ0v) is 11.4. The standard InChI is InChI=1S/C10H22OSi2/c1-10(2)8-12-9-13(3,4)7-5-6-11/h8,11H,5-7,9H2,1-4H3. The quantitative estimate of drug-likeness (QED) is 0.674. The van der Waals surface area contributed by atoms with Crippen molar-refractivity contribution in [2.45, 2.75) is 45.1 Å². The molecule has 0 rings (SSSR count). The van der Waals surface area contributed by atoms with Crippen molar-refractivity contribution >= 4 is 17.6 Å². The maximum Gasteiger partial charge on any atom is 0.0672 e. The van der Waals surface area contributed by atoms with Crippen molar-refractivity contribution in [1.29, 1.82) is 0 Å². The van der Waals surface area contributed by atoms with Crippen molar-refractivity contribution in [2.24, 2.45) is 0 Å². The molecule has 0 unspecified atom stereocenters. The molecule has 0 amide bonds. The summed E-state index contributed by atoms with van der Waals surface area (Å²) in [5, 5.41) is 8.76. The van der Waals surface area contributed by atoms with Crippen LogP contribution in [0.4, 0.5) is 0 Å². The van der Waals surface area contributed by atoms with Crippen molar-refractivity contribution in [2.75, 3.05) is 6.61 Å². The van der Waals surface area contributed by atoms with Crippen LogP contribution < -0.4 is 0 Å². The van der Waals surface area contributed by atoms with Gasteiger partial charge in [0.15, 0.2) is 0 Å². The summed E-state index contributed by atoms with van der Waals surface area (Å²) < 4.78 is 0. The highest BCUT2D eigenvalue weighted by molar-refractivity contribution is 6.84. The van der Waals surface area contributed by atoms with Crippen molar-refractivity contribution < 1.29 is 5.11 Å². The minimum atomic E-state index is -0.983. The van der Waals surface area contributed by atoms with Gasteiger partial charge in [-0.15, -0.1) is 5.70 Å². The van der Waals surface area contributed by atoms with E-state index in [1.807, 2.05) is 0 Å². The molecule has 0 aromatic heterocycles. The van der Waals surface area contributed by atoms with Crippen molar-refractivity contribution in [3.63, 3.8) is 0 Å². The Morgan fingerprint density at radius 3 is 2.46 bits per heavy atom. The summed E-state index contributed by atoms with van der Waals surface area (Å²) >= 11 is 0. The van der Waals surface area contributed by atoms with Crippen molar-refractivity contribution in [3.8, 4) is 0 Å². The Morgan fingerprint density at radius 2 is 2.00 bits per heavy atom. The molecular weight excluding hydrogens is 192 g/mol. The van der Waals surface area contributed by atoms with E-state index in [-0.39, 0.29) is 0 Å². The third-order valence-electron chi connectivity index (χ3n) is 1.98. The second-order valence-electron chi connectivity index (χ2n) is 4.59. The van der Waals surface area contributed by atoms with Gasteiger partial charge < -0.3 is 5.11 Å². The first-order valence-corrected chi connectivity index (χ1v) is 9.65. The Bertz CT molecular complexity index is 160. The molecule has 0 aromatic rings. The van der Waals surface area contributed by atoms with Gasteiger partial charge in [0.25, 0.3) is 0 Å². The summed E-state index contributed by atoms with van der Waals surface area (Å²) in [6.45, 7) is 9.54. The van der Waals surface area contributed by atoms with Gasteiger partial charge in [0, 0.05) is 14.7 Å². The van der Waals surface area contributed by atoms with Gasteiger partial charge in [-0.3, -0.25) is 0 Å². The molecule has 0 aliphatic carbocycles. The van der Waals surface area contributed by atoms with Crippen LogP contribution in [0.15, 0.2) is 11.3 Å². The highest BCUT2D eigenvalue weighted by atomic mass is 28.4. The Hall–Kier alpha value is 0.134. The zero-order chi connectivity index (χ0) is 10.3. The number of hydrogen-bond donors (Lipinski definition) is 1. The molecule has 0 aromatic carbocycles. The number of aliphatic hydroxyl groups is 1. The van der Waals surface area contributed by atoms with Crippen LogP contribution in [0, 0.1) is 0 Å². The fourth-order valence-corrected chi connectivity index (χ4v) is 6.03. The predicted molar refractivity (Wildman–Crippen MR) is 64.0 cm³/mol. The summed E-state index contributed by atoms with van der Waals surface area (Å²) in [5.41, 5.74) is 5.18. The van der Waals surface area contributed by atoms with Crippen LogP contribution in [0.25, 0.3) is 0 Å². The van der Waals surface area contributed by atoms with Gasteiger partial charge in [-0.05, 0) is 20.3 Å². The highest BCUT2D eigenvalue weighted by Crippen LogP contribution is 2.16. The van der Waals surface area contributed by atoms with Crippen LogP contribution in [0.5, 0.6) is 0 Å². The molecule has 0 aliphatic rings. The largest absolute Gasteiger partial charge is 0.396 e. The van der Waals surface area contributed by atoms with Gasteiger partial charge in [0.05, 0.1) is 9.52 Å². The Morgan fingerprint density at radius 1 is 1.38 bits per heavy atom. The first-order chi connectivity index (χ1) is 5.98. The highest BCUT2D eigenvalue weighted by Gasteiger charge is 2.18. The van der Waals surface area contributed by atoms with Crippen LogP contribution in [-0.4, -0.2) is 29.3 Å². The predicted octanol–water partition coefficient (Wildman–Crippen LogP) is 2.66. The normalized spacial score (nSPS) is 11.5. The number of rotatable bonds is 6. The van der Waals surface area contributed by atoms with Gasteiger partial charge in [-0.1, -0.05) is 30.4 Å². The second-order valence-corrected chi connectivity index (χ2v) is 11.5. The molecular formula is C10H22OSi2. The summed E-state index contributed by atoms with van der Waals surface area (Å²) in [5.74, 6) is 0. The fourth-order valence-electron chi connectivity index (χ4n) is 1.18. The van der Waals surface area contributed by atoms with E-state index >= 15 is 0 Å². The molecule has 0 atom stereocenters. The molecule has 3 heteroatoms. The molecule has 76 valence electrons. The first kappa shape index (κ1) is 13.1. The van der Waals surface area contributed by atoms with E-state index < -0.39 is 8.07 Å². The Labute approximate surface area is 86.1 Å². The molecule has 0 bridgehead atoms. The third kappa shape index (κ3) is 8.46. The second kappa shape index (κ2) is 6.57. The minimum Gasteiger partial charge on any atom is -0.396 e. The summed E-state index contributed by atoms with van der Waals surface area (Å²) in [6, 6.07) is 1.27. The van der Waals surface area contributed by atoms with E-state index in [1.54, 1.807) is 0 Å². The van der Waals surface area contributed by atoms with E-state index in [4.69, 9.17) is 5.11 Å². The van der Waals surface area contributed by atoms with Crippen LogP contribution >= 0.6 is 0 Å². The number of hydrogen-bond acceptors (Lipinski definition) is 1. The molecule has 13 heavy (non-hydrogen) atoms. The average Bonchev–Trinajstić information content (AvgIpc) is 2.00. The molecule has 0 fully saturated rings. The lowest BCUT2D eigenvalue weighted by atomic mass is 10.4. The molecule has 0 saturated heterocycles. The molecule has 0 aliphatic heterocycles. The molecule has 0 heterocycles. The smallest absolute Gasteiger partial charge is 0.0672 e. The maximum atomic E-state index is 8.76. The lowest BCUT2D eigenvalue weighted by Gasteiger charge is -2.20. The first-order valence-electron chi connectivity index (χ1n) is 4.95. The van der Waals surface area contributed by atoms with Crippen LogP contribution in [0.1, 0.15) is 20.3 Å². The lowest BCUT2D eigenvalue weighted by Crippen LogP contribution is -2.27. The van der Waals surface area contributed by atoms with Gasteiger partial charge in [0.2, 0.25) is 0 Å². The van der Waals surface area contributed by atoms with Crippen molar-refractivity contribution in [1.82, 2.24) is 0 Å². The topological polar surface area (TPSA) is 20.2 Å². The Kier molecular flexibility index (Phi) is 6.63. The molecule has 1 nitrogen and oxygen atoms in total. The van der Waals surface area contributed by atoms with Crippen LogP contribution in [0.3, 0.4) is 0 Å². The SMILES string of the molecule is CC(C)=C[Si]C[Si](C)(C)CCCO. The number of allylic oxidation sites excluding steroid dienone is 1. The van der Waals surface area contributed by atoms with Gasteiger partial charge in [-0.2, -0.15) is 0 Å². The molecule has 0 spiro atoms. The molecule has 0 saturated carbocycles. The zero-order valence-electron chi connectivity index (χ0n) is 9.35. The molecule has 1 N–H and O–H groups in total. The van der Waals surface area contributed by atoms with E-state index in [9.17, 15) is 0 Å². The summed E-state index contributed by atoms with van der Waals surface area (Å²) in [6.07, 6.45) is 0.999. The average molecular weight is 214 g/mol. The third-order valence-corrected chi connectivity index (χ3v) is 9.12. The van der Waals surface area contributed by atoms with E-state index in [0.29, 0.717) is 6.61 Å². The van der Waals surface area contributed by atoms with Crippen molar-refractivity contribution in [3.05, 3.63) is 11.3 Å². The van der Waals surface area contributed by atoms with Crippen LogP contribution in [-0.2, 0) is 0 Å². The van der Waals surface area contributed by atoms with E-state index in [0.717, 1.165) is 15.9 Å².